The number of ether oxygens (including phenoxy) is 1. The molecule has 0 atom stereocenters. The molecule has 0 spiro atoms. The first kappa shape index (κ1) is 19.4. The van der Waals surface area contributed by atoms with Crippen molar-refractivity contribution in [2.45, 2.75) is 32.8 Å². The van der Waals surface area contributed by atoms with Crippen molar-refractivity contribution in [3.8, 4) is 5.75 Å². The van der Waals surface area contributed by atoms with Crippen LogP contribution in [0.2, 0.25) is 0 Å². The van der Waals surface area contributed by atoms with Crippen LogP contribution in [0, 0.1) is 11.6 Å². The Labute approximate surface area is 149 Å². The van der Waals surface area contributed by atoms with Crippen LogP contribution < -0.4 is 10.1 Å². The maximum Gasteiger partial charge on any atom is 0.335 e. The number of benzene rings is 2. The molecular formula is C19H19F2NO4. The zero-order valence-electron chi connectivity index (χ0n) is 14.4. The number of rotatable bonds is 7. The largest absolute Gasteiger partial charge is 0.489 e. The van der Waals surface area contributed by atoms with Crippen LogP contribution in [-0.2, 0) is 11.2 Å². The quantitative estimate of drug-likeness (QED) is 0.779. The maximum atomic E-state index is 13.6. The number of anilines is 1. The van der Waals surface area contributed by atoms with Gasteiger partial charge in [0.15, 0.2) is 11.6 Å². The summed E-state index contributed by atoms with van der Waals surface area (Å²) in [6, 6.07) is 7.91. The topological polar surface area (TPSA) is 75.6 Å². The van der Waals surface area contributed by atoms with E-state index in [2.05, 4.69) is 5.32 Å². The van der Waals surface area contributed by atoms with Gasteiger partial charge in [-0.1, -0.05) is 12.1 Å². The molecule has 0 fully saturated rings. The molecular weight excluding hydrogens is 344 g/mol. The molecule has 2 rings (SSSR count). The Balaban J connectivity index is 2.12. The van der Waals surface area contributed by atoms with Gasteiger partial charge < -0.3 is 15.2 Å². The van der Waals surface area contributed by atoms with Gasteiger partial charge in [-0.3, -0.25) is 4.79 Å². The molecule has 0 radical (unpaired) electrons. The van der Waals surface area contributed by atoms with Crippen LogP contribution in [0.4, 0.5) is 14.5 Å². The Morgan fingerprint density at radius 2 is 1.92 bits per heavy atom. The van der Waals surface area contributed by atoms with E-state index >= 15 is 0 Å². The molecule has 5 nitrogen and oxygen atoms in total. The Morgan fingerprint density at radius 3 is 2.58 bits per heavy atom. The lowest BCUT2D eigenvalue weighted by atomic mass is 10.1. The molecule has 0 bridgehead atoms. The molecule has 1 amide bonds. The van der Waals surface area contributed by atoms with E-state index in [1.165, 1.54) is 30.3 Å². The Kier molecular flexibility index (Phi) is 6.27. The SMILES string of the molecule is CC(C)Oc1ccc(C(=O)O)cc1NC(=O)CCc1cccc(F)c1F. The second kappa shape index (κ2) is 8.42. The summed E-state index contributed by atoms with van der Waals surface area (Å²) < 4.78 is 32.4. The van der Waals surface area contributed by atoms with Gasteiger partial charge in [0.2, 0.25) is 5.91 Å². The van der Waals surface area contributed by atoms with Crippen LogP contribution in [-0.4, -0.2) is 23.1 Å². The highest BCUT2D eigenvalue weighted by atomic mass is 19.2. The normalized spacial score (nSPS) is 10.7. The van der Waals surface area contributed by atoms with E-state index in [0.29, 0.717) is 5.75 Å². The van der Waals surface area contributed by atoms with Gasteiger partial charge in [0.1, 0.15) is 5.75 Å². The highest BCUT2D eigenvalue weighted by Gasteiger charge is 2.14. The molecule has 0 aromatic heterocycles. The summed E-state index contributed by atoms with van der Waals surface area (Å²) in [4.78, 5) is 23.3. The summed E-state index contributed by atoms with van der Waals surface area (Å²) >= 11 is 0. The smallest absolute Gasteiger partial charge is 0.335 e. The number of carbonyl (C=O) groups is 2. The standard InChI is InChI=1S/C19H19F2NO4/c1-11(2)26-16-8-6-13(19(24)25)10-15(16)22-17(23)9-7-12-4-3-5-14(20)18(12)21/h3-6,8,10-11H,7,9H2,1-2H3,(H,22,23)(H,24,25). The van der Waals surface area contributed by atoms with Crippen molar-refractivity contribution < 1.29 is 28.2 Å². The zero-order chi connectivity index (χ0) is 19.3. The summed E-state index contributed by atoms with van der Waals surface area (Å²) in [5.74, 6) is -3.22. The van der Waals surface area contributed by atoms with Crippen LogP contribution in [0.1, 0.15) is 36.2 Å². The first-order valence-corrected chi connectivity index (χ1v) is 8.04. The fraction of sp³-hybridized carbons (Fsp3) is 0.263. The first-order valence-electron chi connectivity index (χ1n) is 8.04. The molecule has 0 aliphatic rings. The van der Waals surface area contributed by atoms with Crippen LogP contribution in [0.5, 0.6) is 5.75 Å². The van der Waals surface area contributed by atoms with Crippen molar-refractivity contribution in [1.82, 2.24) is 0 Å². The number of aryl methyl sites for hydroxylation is 1. The second-order valence-corrected chi connectivity index (χ2v) is 5.94. The number of amides is 1. The van der Waals surface area contributed by atoms with Crippen molar-refractivity contribution in [3.05, 3.63) is 59.2 Å². The lowest BCUT2D eigenvalue weighted by molar-refractivity contribution is -0.116. The summed E-state index contributed by atoms with van der Waals surface area (Å²) in [7, 11) is 0. The minimum atomic E-state index is -1.14. The maximum absolute atomic E-state index is 13.6. The van der Waals surface area contributed by atoms with Crippen molar-refractivity contribution >= 4 is 17.6 Å². The Bertz CT molecular complexity index is 821. The minimum absolute atomic E-state index is 0.00687. The Morgan fingerprint density at radius 1 is 1.19 bits per heavy atom. The molecule has 26 heavy (non-hydrogen) atoms. The van der Waals surface area contributed by atoms with Crippen LogP contribution >= 0.6 is 0 Å². The zero-order valence-corrected chi connectivity index (χ0v) is 14.4. The molecule has 0 aliphatic carbocycles. The first-order chi connectivity index (χ1) is 12.3. The fourth-order valence-corrected chi connectivity index (χ4v) is 2.32. The molecule has 0 heterocycles. The molecule has 138 valence electrons. The van der Waals surface area contributed by atoms with Gasteiger partial charge >= 0.3 is 5.97 Å². The number of carboxylic acid groups (broad SMARTS) is 1. The number of hydrogen-bond acceptors (Lipinski definition) is 3. The molecule has 0 saturated heterocycles. The third-order valence-electron chi connectivity index (χ3n) is 3.52. The van der Waals surface area contributed by atoms with Gasteiger partial charge in [-0.05, 0) is 50.1 Å². The summed E-state index contributed by atoms with van der Waals surface area (Å²) in [6.07, 6.45) is -0.268. The van der Waals surface area contributed by atoms with Crippen LogP contribution in [0.3, 0.4) is 0 Å². The summed E-state index contributed by atoms with van der Waals surface area (Å²) in [5, 5.41) is 11.7. The molecule has 2 aromatic carbocycles. The van der Waals surface area contributed by atoms with Gasteiger partial charge in [-0.15, -0.1) is 0 Å². The number of nitrogens with one attached hydrogen (secondary N) is 1. The summed E-state index contributed by atoms with van der Waals surface area (Å²) in [5.41, 5.74) is 0.300. The highest BCUT2D eigenvalue weighted by Crippen LogP contribution is 2.27. The Hall–Kier alpha value is -2.96. The van der Waals surface area contributed by atoms with Gasteiger partial charge in [0.25, 0.3) is 0 Å². The van der Waals surface area contributed by atoms with Gasteiger partial charge in [-0.2, -0.15) is 0 Å². The van der Waals surface area contributed by atoms with E-state index in [-0.39, 0.29) is 35.8 Å². The van der Waals surface area contributed by atoms with E-state index in [9.17, 15) is 18.4 Å². The molecule has 0 aliphatic heterocycles. The third-order valence-corrected chi connectivity index (χ3v) is 3.52. The van der Waals surface area contributed by atoms with E-state index in [1.807, 2.05) is 0 Å². The van der Waals surface area contributed by atoms with Gasteiger partial charge in [0.05, 0.1) is 17.4 Å². The average molecular weight is 363 g/mol. The predicted octanol–water partition coefficient (Wildman–Crippen LogP) is 4.02. The molecule has 2 N–H and O–H groups in total. The van der Waals surface area contributed by atoms with E-state index in [0.717, 1.165) is 6.07 Å². The predicted molar refractivity (Wildman–Crippen MR) is 92.5 cm³/mol. The van der Waals surface area contributed by atoms with Gasteiger partial charge in [0, 0.05) is 6.42 Å². The number of carboxylic acids is 1. The van der Waals surface area contributed by atoms with Crippen molar-refractivity contribution in [2.24, 2.45) is 0 Å². The van der Waals surface area contributed by atoms with Crippen molar-refractivity contribution in [3.63, 3.8) is 0 Å². The summed E-state index contributed by atoms with van der Waals surface area (Å²) in [6.45, 7) is 3.59. The number of hydrogen-bond donors (Lipinski definition) is 2. The van der Waals surface area contributed by atoms with Crippen LogP contribution in [0.15, 0.2) is 36.4 Å². The van der Waals surface area contributed by atoms with E-state index < -0.39 is 23.5 Å². The molecule has 0 saturated carbocycles. The van der Waals surface area contributed by atoms with Gasteiger partial charge in [-0.25, -0.2) is 13.6 Å². The lowest BCUT2D eigenvalue weighted by Gasteiger charge is -2.15. The number of aromatic carboxylic acids is 1. The minimum Gasteiger partial charge on any atom is -0.489 e. The number of carbonyl (C=O) groups excluding carboxylic acids is 1. The third kappa shape index (κ3) is 5.02. The second-order valence-electron chi connectivity index (χ2n) is 5.94. The average Bonchev–Trinajstić information content (AvgIpc) is 2.57. The molecule has 7 heteroatoms. The highest BCUT2D eigenvalue weighted by molar-refractivity contribution is 5.95. The van der Waals surface area contributed by atoms with Crippen molar-refractivity contribution in [1.29, 1.82) is 0 Å². The van der Waals surface area contributed by atoms with Crippen molar-refractivity contribution in [2.75, 3.05) is 5.32 Å². The van der Waals surface area contributed by atoms with Crippen LogP contribution in [0.25, 0.3) is 0 Å². The van der Waals surface area contributed by atoms with E-state index in [4.69, 9.17) is 9.84 Å². The fourth-order valence-electron chi connectivity index (χ4n) is 2.32. The molecule has 2 aromatic rings. The molecule has 0 unspecified atom stereocenters. The van der Waals surface area contributed by atoms with E-state index in [1.54, 1.807) is 13.8 Å². The number of halogens is 2. The lowest BCUT2D eigenvalue weighted by Crippen LogP contribution is -2.16. The monoisotopic (exact) mass is 363 g/mol.